The monoisotopic (exact) mass is 608 g/mol. The average molecular weight is 609 g/mol. The van der Waals surface area contributed by atoms with Crippen LogP contribution < -0.4 is 4.74 Å². The van der Waals surface area contributed by atoms with E-state index in [4.69, 9.17) is 9.84 Å². The average Bonchev–Trinajstić information content (AvgIpc) is 3.07. The minimum Gasteiger partial charge on any atom is -0.493 e. The quantitative estimate of drug-likeness (QED) is 0.133. The molecule has 0 aromatic heterocycles. The number of benzene rings is 3. The summed E-state index contributed by atoms with van der Waals surface area (Å²) in [6.07, 6.45) is 16.0. The lowest BCUT2D eigenvalue weighted by Crippen LogP contribution is -2.20. The number of fused-ring (bicyclic) bond motifs is 1. The van der Waals surface area contributed by atoms with Gasteiger partial charge in [0.1, 0.15) is 5.75 Å². The summed E-state index contributed by atoms with van der Waals surface area (Å²) in [5, 5.41) is 18.7. The van der Waals surface area contributed by atoms with Crippen LogP contribution in [0.4, 0.5) is 0 Å². The van der Waals surface area contributed by atoms with E-state index in [1.165, 1.54) is 60.8 Å². The Balaban J connectivity index is 1.21. The van der Waals surface area contributed by atoms with Gasteiger partial charge in [0.2, 0.25) is 0 Å². The van der Waals surface area contributed by atoms with Crippen LogP contribution in [0.3, 0.4) is 0 Å². The van der Waals surface area contributed by atoms with Crippen LogP contribution in [0.1, 0.15) is 109 Å². The molecule has 2 aliphatic carbocycles. The molecule has 45 heavy (non-hydrogen) atoms. The molecule has 1 fully saturated rings. The first kappa shape index (κ1) is 32.5. The summed E-state index contributed by atoms with van der Waals surface area (Å²) < 4.78 is 6.49. The van der Waals surface area contributed by atoms with Gasteiger partial charge in [-0.15, -0.1) is 0 Å². The predicted molar refractivity (Wildman–Crippen MR) is 179 cm³/mol. The first-order valence-electron chi connectivity index (χ1n) is 17.0. The van der Waals surface area contributed by atoms with Gasteiger partial charge in [-0.1, -0.05) is 79.1 Å². The summed E-state index contributed by atoms with van der Waals surface area (Å²) in [6, 6.07) is 24.8. The molecule has 2 N–H and O–H groups in total. The molecule has 0 bridgehead atoms. The molecule has 0 heterocycles. The van der Waals surface area contributed by atoms with E-state index in [0.29, 0.717) is 17.9 Å². The van der Waals surface area contributed by atoms with E-state index >= 15 is 0 Å². The summed E-state index contributed by atoms with van der Waals surface area (Å²) in [5.74, 6) is 0.953. The second-order valence-electron chi connectivity index (χ2n) is 13.1. The van der Waals surface area contributed by atoms with Crippen molar-refractivity contribution in [1.82, 2.24) is 0 Å². The summed E-state index contributed by atoms with van der Waals surface area (Å²) in [6.45, 7) is 0.760. The molecule has 5 rings (SSSR count). The third-order valence-electron chi connectivity index (χ3n) is 9.94. The Hall–Kier alpha value is -3.86. The van der Waals surface area contributed by atoms with Crippen LogP contribution in [0, 0.1) is 11.8 Å². The van der Waals surface area contributed by atoms with Gasteiger partial charge >= 0.3 is 11.9 Å². The molecule has 1 unspecified atom stereocenters. The molecule has 5 heteroatoms. The van der Waals surface area contributed by atoms with Crippen LogP contribution in [0.15, 0.2) is 84.4 Å². The van der Waals surface area contributed by atoms with Crippen LogP contribution >= 0.6 is 0 Å². The summed E-state index contributed by atoms with van der Waals surface area (Å²) in [7, 11) is 0. The van der Waals surface area contributed by atoms with Crippen molar-refractivity contribution in [3.63, 3.8) is 0 Å². The minimum atomic E-state index is -0.892. The highest BCUT2D eigenvalue weighted by atomic mass is 16.5. The molecule has 238 valence electrons. The number of carboxylic acids is 2. The molecular formula is C40H48O5. The molecule has 0 amide bonds. The number of carbonyl (C=O) groups is 2. The maximum absolute atomic E-state index is 11.6. The smallest absolute Gasteiger partial charge is 0.335 e. The number of hydrogen-bond acceptors (Lipinski definition) is 3. The zero-order valence-corrected chi connectivity index (χ0v) is 26.5. The summed E-state index contributed by atoms with van der Waals surface area (Å²) in [5.41, 5.74) is 6.63. The van der Waals surface area contributed by atoms with E-state index in [2.05, 4.69) is 54.6 Å². The van der Waals surface area contributed by atoms with Crippen LogP contribution in [-0.4, -0.2) is 28.8 Å². The number of rotatable bonds is 15. The lowest BCUT2D eigenvalue weighted by molar-refractivity contribution is -0.137. The fraction of sp³-hybridized carbons (Fsp3) is 0.450. The standard InChI is InChI=1S/C40H48O5/c41-39(42)16-7-5-11-32(36-14-8-13-34-27-35(40(43)44)25-26-37(34)36)23-24-33-12-4-6-15-38(33)45-28-31-21-19-30(20-22-31)18-17-29-9-2-1-3-10-29/h1-4,6,9-10,12,15,23,25-27,30-31,36H,5,7-8,11,13-14,16-22,24,28H2,(H,41,42)(H,43,44)/b32-23+. The van der Waals surface area contributed by atoms with Gasteiger partial charge in [0.15, 0.2) is 0 Å². The lowest BCUT2D eigenvalue weighted by atomic mass is 9.76. The van der Waals surface area contributed by atoms with Gasteiger partial charge < -0.3 is 14.9 Å². The summed E-state index contributed by atoms with van der Waals surface area (Å²) >= 11 is 0. The van der Waals surface area contributed by atoms with E-state index in [9.17, 15) is 14.7 Å². The second-order valence-corrected chi connectivity index (χ2v) is 13.1. The maximum Gasteiger partial charge on any atom is 0.335 e. The number of allylic oxidation sites excluding steroid dienone is 2. The first-order valence-corrected chi connectivity index (χ1v) is 17.0. The molecule has 0 aliphatic heterocycles. The van der Waals surface area contributed by atoms with Gasteiger partial charge in [-0.3, -0.25) is 4.79 Å². The zero-order chi connectivity index (χ0) is 31.4. The third kappa shape index (κ3) is 9.56. The number of aryl methyl sites for hydroxylation is 2. The van der Waals surface area contributed by atoms with Gasteiger partial charge in [-0.05, 0) is 123 Å². The van der Waals surface area contributed by atoms with Crippen molar-refractivity contribution in [3.8, 4) is 5.75 Å². The molecule has 0 radical (unpaired) electrons. The first-order chi connectivity index (χ1) is 22.0. The molecule has 1 saturated carbocycles. The lowest BCUT2D eigenvalue weighted by Gasteiger charge is -2.29. The maximum atomic E-state index is 11.6. The molecular weight excluding hydrogens is 560 g/mol. The molecule has 3 aromatic carbocycles. The van der Waals surface area contributed by atoms with Crippen molar-refractivity contribution >= 4 is 11.9 Å². The molecule has 0 saturated heterocycles. The molecule has 0 spiro atoms. The van der Waals surface area contributed by atoms with Crippen LogP contribution in [0.25, 0.3) is 0 Å². The van der Waals surface area contributed by atoms with E-state index in [1.54, 1.807) is 6.07 Å². The van der Waals surface area contributed by atoms with Gasteiger partial charge in [0.05, 0.1) is 12.2 Å². The van der Waals surface area contributed by atoms with Gasteiger partial charge in [0.25, 0.3) is 0 Å². The van der Waals surface area contributed by atoms with Gasteiger partial charge in [0, 0.05) is 12.3 Å². The van der Waals surface area contributed by atoms with Crippen molar-refractivity contribution in [2.45, 2.75) is 95.8 Å². The summed E-state index contributed by atoms with van der Waals surface area (Å²) in [4.78, 5) is 22.7. The van der Waals surface area contributed by atoms with Gasteiger partial charge in [-0.2, -0.15) is 0 Å². The number of hydrogen-bond donors (Lipinski definition) is 2. The molecule has 3 aromatic rings. The minimum absolute atomic E-state index is 0.183. The SMILES string of the molecule is O=C(O)CCCC/C(=C\Cc1ccccc1OCC1CCC(CCc2ccccc2)CC1)C1CCCc2cc(C(=O)O)ccc21. The van der Waals surface area contributed by atoms with Crippen molar-refractivity contribution < 1.29 is 24.5 Å². The zero-order valence-electron chi connectivity index (χ0n) is 26.5. The Morgan fingerprint density at radius 1 is 0.822 bits per heavy atom. The Kier molecular flexibility index (Phi) is 11.9. The van der Waals surface area contributed by atoms with Crippen LogP contribution in [0.5, 0.6) is 5.75 Å². The number of unbranched alkanes of at least 4 members (excludes halogenated alkanes) is 1. The predicted octanol–water partition coefficient (Wildman–Crippen LogP) is 9.44. The number of aliphatic carboxylic acids is 1. The van der Waals surface area contributed by atoms with E-state index in [1.807, 2.05) is 18.2 Å². The Bertz CT molecular complexity index is 1430. The van der Waals surface area contributed by atoms with E-state index in [0.717, 1.165) is 62.4 Å². The number of aromatic carboxylic acids is 1. The fourth-order valence-electron chi connectivity index (χ4n) is 7.32. The molecule has 2 aliphatic rings. The highest BCUT2D eigenvalue weighted by Gasteiger charge is 2.25. The van der Waals surface area contributed by atoms with Crippen molar-refractivity contribution in [1.29, 1.82) is 0 Å². The fourth-order valence-corrected chi connectivity index (χ4v) is 7.32. The topological polar surface area (TPSA) is 83.8 Å². The largest absolute Gasteiger partial charge is 0.493 e. The van der Waals surface area contributed by atoms with Crippen molar-refractivity contribution in [2.24, 2.45) is 11.8 Å². The number of para-hydroxylation sites is 1. The van der Waals surface area contributed by atoms with E-state index < -0.39 is 11.9 Å². The van der Waals surface area contributed by atoms with Crippen LogP contribution in [0.2, 0.25) is 0 Å². The highest BCUT2D eigenvalue weighted by molar-refractivity contribution is 5.88. The van der Waals surface area contributed by atoms with Crippen molar-refractivity contribution in [2.75, 3.05) is 6.61 Å². The molecule has 1 atom stereocenters. The van der Waals surface area contributed by atoms with E-state index in [-0.39, 0.29) is 12.3 Å². The number of ether oxygens (including phenoxy) is 1. The Labute approximate surface area is 268 Å². The normalized spacial score (nSPS) is 19.9. The number of carboxylic acid groups (broad SMARTS) is 2. The second kappa shape index (κ2) is 16.5. The van der Waals surface area contributed by atoms with Crippen molar-refractivity contribution in [3.05, 3.63) is 112 Å². The highest BCUT2D eigenvalue weighted by Crippen LogP contribution is 2.40. The van der Waals surface area contributed by atoms with Crippen LogP contribution in [-0.2, 0) is 24.1 Å². The molecule has 5 nitrogen and oxygen atoms in total. The Morgan fingerprint density at radius 3 is 2.33 bits per heavy atom. The third-order valence-corrected chi connectivity index (χ3v) is 9.94. The Morgan fingerprint density at radius 2 is 1.56 bits per heavy atom. The van der Waals surface area contributed by atoms with Gasteiger partial charge in [-0.25, -0.2) is 4.79 Å².